The molecule has 1 unspecified atom stereocenters. The first kappa shape index (κ1) is 16.4. The molecule has 8 heteroatoms. The Bertz CT molecular complexity index is 821. The van der Waals surface area contributed by atoms with Crippen LogP contribution in [-0.4, -0.2) is 68.6 Å². The van der Waals surface area contributed by atoms with Gasteiger partial charge in [-0.2, -0.15) is 15.9 Å². The first-order chi connectivity index (χ1) is 12.3. The van der Waals surface area contributed by atoms with E-state index in [1.807, 2.05) is 28.1 Å². The van der Waals surface area contributed by atoms with E-state index >= 15 is 0 Å². The van der Waals surface area contributed by atoms with Crippen LogP contribution in [0.5, 0.6) is 0 Å². The Hall–Kier alpha value is -2.03. The third-order valence-electron chi connectivity index (χ3n) is 4.86. The highest BCUT2D eigenvalue weighted by Gasteiger charge is 2.23. The molecule has 1 N–H and O–H groups in total. The van der Waals surface area contributed by atoms with E-state index in [9.17, 15) is 5.11 Å². The molecule has 0 aromatic carbocycles. The van der Waals surface area contributed by atoms with Gasteiger partial charge in [0.15, 0.2) is 11.5 Å². The maximum absolute atomic E-state index is 9.49. The molecule has 0 bridgehead atoms. The van der Waals surface area contributed by atoms with Gasteiger partial charge in [0.25, 0.3) is 0 Å². The van der Waals surface area contributed by atoms with Crippen LogP contribution in [0, 0.1) is 0 Å². The predicted molar refractivity (Wildman–Crippen MR) is 99.0 cm³/mol. The van der Waals surface area contributed by atoms with Crippen molar-refractivity contribution < 1.29 is 5.11 Å². The number of thiophene rings is 1. The van der Waals surface area contributed by atoms with E-state index in [1.165, 1.54) is 0 Å². The molecule has 3 aromatic heterocycles. The molecule has 4 rings (SSSR count). The maximum Gasteiger partial charge on any atom is 0.186 e. The third kappa shape index (κ3) is 3.12. The van der Waals surface area contributed by atoms with Crippen molar-refractivity contribution in [3.8, 4) is 11.4 Å². The summed E-state index contributed by atoms with van der Waals surface area (Å²) in [4.78, 5) is 4.65. The Morgan fingerprint density at radius 1 is 1.16 bits per heavy atom. The SMILES string of the molecule is CCC(CO)N1CCN(c2ccc3nnc(-c4ccsc4)n3n2)CC1. The Kier molecular flexibility index (Phi) is 4.65. The van der Waals surface area contributed by atoms with Crippen LogP contribution >= 0.6 is 11.3 Å². The number of rotatable bonds is 5. The fourth-order valence-electron chi connectivity index (χ4n) is 3.34. The molecule has 0 aliphatic carbocycles. The van der Waals surface area contributed by atoms with Crippen molar-refractivity contribution in [2.45, 2.75) is 19.4 Å². The van der Waals surface area contributed by atoms with E-state index in [4.69, 9.17) is 5.10 Å². The smallest absolute Gasteiger partial charge is 0.186 e. The van der Waals surface area contributed by atoms with Gasteiger partial charge < -0.3 is 10.0 Å². The molecule has 1 saturated heterocycles. The highest BCUT2D eigenvalue weighted by Crippen LogP contribution is 2.22. The Morgan fingerprint density at radius 2 is 2.00 bits per heavy atom. The largest absolute Gasteiger partial charge is 0.395 e. The Labute approximate surface area is 150 Å². The fourth-order valence-corrected chi connectivity index (χ4v) is 3.97. The van der Waals surface area contributed by atoms with Crippen molar-refractivity contribution in [3.63, 3.8) is 0 Å². The monoisotopic (exact) mass is 358 g/mol. The Balaban J connectivity index is 1.55. The Morgan fingerprint density at radius 3 is 2.68 bits per heavy atom. The van der Waals surface area contributed by atoms with E-state index in [-0.39, 0.29) is 12.6 Å². The van der Waals surface area contributed by atoms with E-state index in [0.717, 1.165) is 55.5 Å². The van der Waals surface area contributed by atoms with Crippen LogP contribution in [0.4, 0.5) is 5.82 Å². The van der Waals surface area contributed by atoms with Crippen LogP contribution in [0.15, 0.2) is 29.0 Å². The minimum atomic E-state index is 0.228. The van der Waals surface area contributed by atoms with Gasteiger partial charge in [-0.3, -0.25) is 4.90 Å². The molecule has 1 aliphatic rings. The number of nitrogens with zero attached hydrogens (tertiary/aromatic N) is 6. The zero-order valence-corrected chi connectivity index (χ0v) is 15.1. The van der Waals surface area contributed by atoms with Crippen molar-refractivity contribution in [2.24, 2.45) is 0 Å². The minimum Gasteiger partial charge on any atom is -0.395 e. The molecule has 0 amide bonds. The van der Waals surface area contributed by atoms with Crippen molar-refractivity contribution in [1.82, 2.24) is 24.7 Å². The number of hydrogen-bond donors (Lipinski definition) is 1. The zero-order valence-electron chi connectivity index (χ0n) is 14.2. The van der Waals surface area contributed by atoms with Crippen LogP contribution in [0.3, 0.4) is 0 Å². The highest BCUT2D eigenvalue weighted by molar-refractivity contribution is 7.08. The van der Waals surface area contributed by atoms with Gasteiger partial charge in [-0.1, -0.05) is 6.92 Å². The first-order valence-electron chi connectivity index (χ1n) is 8.65. The molecule has 132 valence electrons. The van der Waals surface area contributed by atoms with E-state index in [0.29, 0.717) is 0 Å². The molecule has 1 atom stereocenters. The van der Waals surface area contributed by atoms with Crippen LogP contribution in [-0.2, 0) is 0 Å². The topological polar surface area (TPSA) is 69.8 Å². The number of aromatic nitrogens is 4. The summed E-state index contributed by atoms with van der Waals surface area (Å²) in [6.07, 6.45) is 0.978. The summed E-state index contributed by atoms with van der Waals surface area (Å²) in [6, 6.07) is 6.29. The number of piperazine rings is 1. The molecule has 7 nitrogen and oxygen atoms in total. The summed E-state index contributed by atoms with van der Waals surface area (Å²) in [5, 5.41) is 26.9. The lowest BCUT2D eigenvalue weighted by Gasteiger charge is -2.38. The van der Waals surface area contributed by atoms with Crippen LogP contribution < -0.4 is 4.90 Å². The summed E-state index contributed by atoms with van der Waals surface area (Å²) < 4.78 is 1.83. The van der Waals surface area contributed by atoms with Crippen molar-refractivity contribution in [1.29, 1.82) is 0 Å². The van der Waals surface area contributed by atoms with Gasteiger partial charge in [-0.05, 0) is 30.0 Å². The second-order valence-corrected chi connectivity index (χ2v) is 7.04. The van der Waals surface area contributed by atoms with Crippen LogP contribution in [0.25, 0.3) is 17.0 Å². The van der Waals surface area contributed by atoms with Gasteiger partial charge in [0, 0.05) is 43.2 Å². The molecule has 4 heterocycles. The second-order valence-electron chi connectivity index (χ2n) is 6.26. The summed E-state index contributed by atoms with van der Waals surface area (Å²) in [5.74, 6) is 1.73. The van der Waals surface area contributed by atoms with Crippen molar-refractivity contribution in [3.05, 3.63) is 29.0 Å². The summed E-state index contributed by atoms with van der Waals surface area (Å²) in [5.41, 5.74) is 1.80. The molecule has 0 saturated carbocycles. The lowest BCUT2D eigenvalue weighted by atomic mass is 10.1. The molecule has 0 radical (unpaired) electrons. The number of aliphatic hydroxyl groups excluding tert-OH is 1. The van der Waals surface area contributed by atoms with E-state index in [2.05, 4.69) is 32.3 Å². The predicted octanol–water partition coefficient (Wildman–Crippen LogP) is 1.75. The number of anilines is 1. The fraction of sp³-hybridized carbons (Fsp3) is 0.471. The quantitative estimate of drug-likeness (QED) is 0.749. The van der Waals surface area contributed by atoms with Gasteiger partial charge in [0.1, 0.15) is 5.82 Å². The number of fused-ring (bicyclic) bond motifs is 1. The van der Waals surface area contributed by atoms with Crippen molar-refractivity contribution >= 4 is 22.8 Å². The zero-order chi connectivity index (χ0) is 17.2. The standard InChI is InChI=1S/C17H22N6OS/c1-2-14(11-24)21-6-8-22(9-7-21)16-4-3-15-18-19-17(23(15)20-16)13-5-10-25-12-13/h3-5,10,12,14,24H,2,6-9,11H2,1H3. The highest BCUT2D eigenvalue weighted by atomic mass is 32.1. The van der Waals surface area contributed by atoms with Gasteiger partial charge >= 0.3 is 0 Å². The summed E-state index contributed by atoms with van der Waals surface area (Å²) in [6.45, 7) is 6.05. The van der Waals surface area contributed by atoms with Crippen LogP contribution in [0.1, 0.15) is 13.3 Å². The second kappa shape index (κ2) is 7.07. The minimum absolute atomic E-state index is 0.228. The van der Waals surface area contributed by atoms with Crippen LogP contribution in [0.2, 0.25) is 0 Å². The molecular weight excluding hydrogens is 336 g/mol. The van der Waals surface area contributed by atoms with E-state index < -0.39 is 0 Å². The molecular formula is C17H22N6OS. The maximum atomic E-state index is 9.49. The average molecular weight is 358 g/mol. The normalized spacial score (nSPS) is 17.3. The molecule has 0 spiro atoms. The van der Waals surface area contributed by atoms with Crippen molar-refractivity contribution in [2.75, 3.05) is 37.7 Å². The van der Waals surface area contributed by atoms with Gasteiger partial charge in [0.2, 0.25) is 0 Å². The molecule has 1 aliphatic heterocycles. The summed E-state index contributed by atoms with van der Waals surface area (Å²) >= 11 is 1.64. The lowest BCUT2D eigenvalue weighted by molar-refractivity contribution is 0.114. The van der Waals surface area contributed by atoms with E-state index in [1.54, 1.807) is 11.3 Å². The van der Waals surface area contributed by atoms with Gasteiger partial charge in [0.05, 0.1) is 6.61 Å². The average Bonchev–Trinajstić information content (AvgIpc) is 3.32. The lowest BCUT2D eigenvalue weighted by Crippen LogP contribution is -2.51. The molecule has 1 fully saturated rings. The first-order valence-corrected chi connectivity index (χ1v) is 9.59. The van der Waals surface area contributed by atoms with Gasteiger partial charge in [-0.15, -0.1) is 15.3 Å². The number of aliphatic hydroxyl groups is 1. The molecule has 25 heavy (non-hydrogen) atoms. The van der Waals surface area contributed by atoms with Gasteiger partial charge in [-0.25, -0.2) is 0 Å². The molecule has 3 aromatic rings. The third-order valence-corrected chi connectivity index (χ3v) is 5.55. The summed E-state index contributed by atoms with van der Waals surface area (Å²) in [7, 11) is 0. The number of hydrogen-bond acceptors (Lipinski definition) is 7.